The lowest BCUT2D eigenvalue weighted by molar-refractivity contribution is 0.128. The van der Waals surface area contributed by atoms with Crippen LogP contribution in [0.5, 0.6) is 5.75 Å². The molecule has 170 valence electrons. The number of nitrogens with zero attached hydrogens (tertiary/aromatic N) is 5. The smallest absolute Gasteiger partial charge is 0.208 e. The molecule has 1 fully saturated rings. The molecule has 6 rings (SSSR count). The Kier molecular flexibility index (Phi) is 4.93. The van der Waals surface area contributed by atoms with E-state index in [-0.39, 0.29) is 12.4 Å². The lowest BCUT2D eigenvalue weighted by Crippen LogP contribution is -2.37. The molecule has 0 bridgehead atoms. The van der Waals surface area contributed by atoms with Gasteiger partial charge in [-0.05, 0) is 36.7 Å². The SMILES string of the molecule is CN1CCC1c1ccc(-c2cnc(NCc3c(F)ccc4c3CCO4)n3cc(C#N)nc23)cc1. The Morgan fingerprint density at radius 3 is 2.82 bits per heavy atom. The minimum Gasteiger partial charge on any atom is -0.493 e. The maximum absolute atomic E-state index is 14.6. The molecule has 0 radical (unpaired) electrons. The number of nitrogens with one attached hydrogen (secondary N) is 1. The van der Waals surface area contributed by atoms with Crippen LogP contribution in [0.1, 0.15) is 34.8 Å². The van der Waals surface area contributed by atoms with Crippen LogP contribution in [0.3, 0.4) is 0 Å². The van der Waals surface area contributed by atoms with Crippen molar-refractivity contribution in [3.8, 4) is 22.9 Å². The fraction of sp³-hybridized carbons (Fsp3) is 0.269. The molecule has 2 aromatic carbocycles. The topological polar surface area (TPSA) is 78.5 Å². The first-order chi connectivity index (χ1) is 16.6. The molecule has 0 spiro atoms. The summed E-state index contributed by atoms with van der Waals surface area (Å²) < 4.78 is 21.9. The Balaban J connectivity index is 1.34. The van der Waals surface area contributed by atoms with Crippen LogP contribution in [0.4, 0.5) is 10.3 Å². The van der Waals surface area contributed by atoms with E-state index in [4.69, 9.17) is 4.74 Å². The summed E-state index contributed by atoms with van der Waals surface area (Å²) in [7, 11) is 2.14. The van der Waals surface area contributed by atoms with Gasteiger partial charge < -0.3 is 10.1 Å². The summed E-state index contributed by atoms with van der Waals surface area (Å²) in [6.45, 7) is 1.94. The summed E-state index contributed by atoms with van der Waals surface area (Å²) in [4.78, 5) is 11.5. The van der Waals surface area contributed by atoms with Gasteiger partial charge in [-0.15, -0.1) is 0 Å². The normalized spacial score (nSPS) is 17.1. The van der Waals surface area contributed by atoms with Crippen molar-refractivity contribution in [2.75, 3.05) is 25.5 Å². The van der Waals surface area contributed by atoms with E-state index >= 15 is 0 Å². The van der Waals surface area contributed by atoms with Gasteiger partial charge in [-0.2, -0.15) is 5.26 Å². The van der Waals surface area contributed by atoms with Crippen molar-refractivity contribution in [1.29, 1.82) is 5.26 Å². The highest BCUT2D eigenvalue weighted by atomic mass is 19.1. The second-order valence-electron chi connectivity index (χ2n) is 8.79. The maximum atomic E-state index is 14.6. The summed E-state index contributed by atoms with van der Waals surface area (Å²) in [5, 5.41) is 12.7. The monoisotopic (exact) mass is 454 g/mol. The van der Waals surface area contributed by atoms with Crippen LogP contribution >= 0.6 is 0 Å². The van der Waals surface area contributed by atoms with Crippen LogP contribution < -0.4 is 10.1 Å². The molecule has 7 nitrogen and oxygen atoms in total. The maximum Gasteiger partial charge on any atom is 0.208 e. The van der Waals surface area contributed by atoms with Crippen molar-refractivity contribution in [2.24, 2.45) is 0 Å². The number of benzene rings is 2. The van der Waals surface area contributed by atoms with Crippen molar-refractivity contribution in [3.05, 3.63) is 77.0 Å². The Bertz CT molecular complexity index is 1440. The third kappa shape index (κ3) is 3.37. The number of nitriles is 1. The van der Waals surface area contributed by atoms with Crippen LogP contribution in [-0.4, -0.2) is 39.5 Å². The van der Waals surface area contributed by atoms with Gasteiger partial charge in [-0.25, -0.2) is 14.4 Å². The van der Waals surface area contributed by atoms with E-state index in [1.165, 1.54) is 18.1 Å². The molecule has 0 saturated carbocycles. The van der Waals surface area contributed by atoms with Crippen LogP contribution in [-0.2, 0) is 13.0 Å². The van der Waals surface area contributed by atoms with Gasteiger partial charge in [0.05, 0.1) is 12.8 Å². The molecule has 2 aliphatic heterocycles. The van der Waals surface area contributed by atoms with Gasteiger partial charge >= 0.3 is 0 Å². The first kappa shape index (κ1) is 20.6. The highest BCUT2D eigenvalue weighted by Crippen LogP contribution is 2.34. The van der Waals surface area contributed by atoms with Gasteiger partial charge in [0, 0.05) is 48.4 Å². The van der Waals surface area contributed by atoms with Gasteiger partial charge in [0.25, 0.3) is 0 Å². The zero-order valence-corrected chi connectivity index (χ0v) is 18.8. The van der Waals surface area contributed by atoms with Crippen molar-refractivity contribution < 1.29 is 9.13 Å². The molecule has 0 amide bonds. The molecule has 8 heteroatoms. The van der Waals surface area contributed by atoms with Crippen molar-refractivity contribution >= 4 is 11.6 Å². The number of hydrogen-bond donors (Lipinski definition) is 1. The van der Waals surface area contributed by atoms with Crippen LogP contribution in [0.2, 0.25) is 0 Å². The van der Waals surface area contributed by atoms with Gasteiger partial charge in [-0.1, -0.05) is 24.3 Å². The quantitative estimate of drug-likeness (QED) is 0.484. The number of rotatable bonds is 5. The molecule has 1 atom stereocenters. The van der Waals surface area contributed by atoms with Crippen molar-refractivity contribution in [3.63, 3.8) is 0 Å². The molecular weight excluding hydrogens is 431 g/mol. The highest BCUT2D eigenvalue weighted by Gasteiger charge is 2.25. The van der Waals surface area contributed by atoms with Gasteiger partial charge in [0.2, 0.25) is 5.95 Å². The molecule has 0 aliphatic carbocycles. The van der Waals surface area contributed by atoms with Crippen molar-refractivity contribution in [1.82, 2.24) is 19.3 Å². The molecule has 1 saturated heterocycles. The predicted molar refractivity (Wildman–Crippen MR) is 126 cm³/mol. The first-order valence-corrected chi connectivity index (χ1v) is 11.4. The van der Waals surface area contributed by atoms with E-state index in [0.29, 0.717) is 41.9 Å². The van der Waals surface area contributed by atoms with Crippen molar-refractivity contribution in [2.45, 2.75) is 25.4 Å². The second-order valence-corrected chi connectivity index (χ2v) is 8.79. The fourth-order valence-electron chi connectivity index (χ4n) is 4.86. The molecule has 1 N–H and O–H groups in total. The Hall–Kier alpha value is -3.96. The number of halogens is 1. The summed E-state index contributed by atoms with van der Waals surface area (Å²) in [6.07, 6.45) is 5.26. The van der Waals surface area contributed by atoms with Crippen LogP contribution in [0.25, 0.3) is 16.8 Å². The summed E-state index contributed by atoms with van der Waals surface area (Å²) in [5.41, 5.74) is 5.50. The summed E-state index contributed by atoms with van der Waals surface area (Å²) in [6, 6.07) is 14.1. The Morgan fingerprint density at radius 1 is 1.24 bits per heavy atom. The minimum atomic E-state index is -0.273. The van der Waals surface area contributed by atoms with E-state index in [9.17, 15) is 9.65 Å². The van der Waals surface area contributed by atoms with Gasteiger partial charge in [0.15, 0.2) is 11.3 Å². The molecule has 4 aromatic rings. The molecule has 4 heterocycles. The Morgan fingerprint density at radius 2 is 2.09 bits per heavy atom. The van der Waals surface area contributed by atoms with E-state index in [0.717, 1.165) is 29.0 Å². The zero-order valence-electron chi connectivity index (χ0n) is 18.8. The van der Waals surface area contributed by atoms with E-state index in [2.05, 4.69) is 57.6 Å². The molecule has 34 heavy (non-hydrogen) atoms. The third-order valence-electron chi connectivity index (χ3n) is 6.86. The van der Waals surface area contributed by atoms with Crippen LogP contribution in [0, 0.1) is 17.1 Å². The Labute approximate surface area is 196 Å². The zero-order chi connectivity index (χ0) is 23.2. The highest BCUT2D eigenvalue weighted by molar-refractivity contribution is 5.78. The molecule has 2 aliphatic rings. The van der Waals surface area contributed by atoms with Gasteiger partial charge in [-0.3, -0.25) is 9.30 Å². The number of anilines is 1. The molecule has 2 aromatic heterocycles. The van der Waals surface area contributed by atoms with Crippen LogP contribution in [0.15, 0.2) is 48.8 Å². The lowest BCUT2D eigenvalue weighted by atomic mass is 9.94. The van der Waals surface area contributed by atoms with Gasteiger partial charge in [0.1, 0.15) is 17.6 Å². The fourth-order valence-corrected chi connectivity index (χ4v) is 4.86. The van der Waals surface area contributed by atoms with E-state index in [1.807, 2.05) is 0 Å². The molecular formula is C26H23FN6O. The average molecular weight is 455 g/mol. The number of fused-ring (bicyclic) bond motifs is 2. The third-order valence-corrected chi connectivity index (χ3v) is 6.86. The number of hydrogen-bond acceptors (Lipinski definition) is 6. The van der Waals surface area contributed by atoms with E-state index in [1.54, 1.807) is 22.9 Å². The lowest BCUT2D eigenvalue weighted by Gasteiger charge is -2.38. The average Bonchev–Trinajstić information content (AvgIpc) is 3.50. The number of likely N-dealkylation sites (tertiary alicyclic amines) is 1. The van der Waals surface area contributed by atoms with E-state index < -0.39 is 0 Å². The standard InChI is InChI=1S/C26H23FN6O/c1-32-10-8-23(32)17-4-2-16(3-5-17)20-13-29-26(33-15-18(12-28)31-25(20)33)30-14-21-19-9-11-34-24(19)7-6-22(21)27/h2-7,13,15,23H,8-11,14H2,1H3,(H,29,30). The summed E-state index contributed by atoms with van der Waals surface area (Å²) >= 11 is 0. The second kappa shape index (κ2) is 8.12. The number of ether oxygens (including phenoxy) is 1. The number of aromatic nitrogens is 3. The summed E-state index contributed by atoms with van der Waals surface area (Å²) in [5.74, 6) is 0.958. The number of imidazole rings is 1. The largest absolute Gasteiger partial charge is 0.493 e. The predicted octanol–water partition coefficient (Wildman–Crippen LogP) is 4.33. The first-order valence-electron chi connectivity index (χ1n) is 11.4. The minimum absolute atomic E-state index is 0.253. The molecule has 1 unspecified atom stereocenters.